The van der Waals surface area contributed by atoms with Gasteiger partial charge in [-0.1, -0.05) is 39.5 Å². The molecule has 0 aliphatic rings. The van der Waals surface area contributed by atoms with Gasteiger partial charge in [-0.2, -0.15) is 0 Å². The van der Waals surface area contributed by atoms with Crippen LogP contribution in [0.3, 0.4) is 0 Å². The van der Waals surface area contributed by atoms with Gasteiger partial charge in [0.2, 0.25) is 0 Å². The second kappa shape index (κ2) is 9.29. The molecule has 23 heavy (non-hydrogen) atoms. The Morgan fingerprint density at radius 1 is 0.826 bits per heavy atom. The molecule has 0 amide bonds. The number of carbonyl (C=O) groups is 2. The Bertz CT molecular complexity index is 374. The van der Waals surface area contributed by atoms with Gasteiger partial charge >= 0.3 is 11.9 Å². The lowest BCUT2D eigenvalue weighted by atomic mass is 9.88. The molecule has 0 heterocycles. The zero-order valence-electron chi connectivity index (χ0n) is 16.3. The van der Waals surface area contributed by atoms with E-state index in [0.717, 1.165) is 25.7 Å². The summed E-state index contributed by atoms with van der Waals surface area (Å²) < 4.78 is 11.0. The van der Waals surface area contributed by atoms with E-state index in [4.69, 9.17) is 9.47 Å². The minimum atomic E-state index is -0.550. The Kier molecular flexibility index (Phi) is 8.86. The molecular formula is C19H36O4. The standard InChI is InChI=1S/C19H36O4/c1-9-10-11-12-13-15(17(21)23-19(6,7)8)14(2)16(20)22-18(3,4)5/h14-15H,9-13H2,1-8H3. The molecule has 0 aliphatic heterocycles. The second-order valence-electron chi connectivity index (χ2n) is 8.31. The Balaban J connectivity index is 4.94. The molecule has 2 unspecified atom stereocenters. The Morgan fingerprint density at radius 2 is 1.30 bits per heavy atom. The topological polar surface area (TPSA) is 52.6 Å². The summed E-state index contributed by atoms with van der Waals surface area (Å²) in [6.07, 6.45) is 4.93. The van der Waals surface area contributed by atoms with Crippen LogP contribution in [0.25, 0.3) is 0 Å². The van der Waals surface area contributed by atoms with Gasteiger partial charge in [-0.3, -0.25) is 9.59 Å². The van der Waals surface area contributed by atoms with E-state index >= 15 is 0 Å². The van der Waals surface area contributed by atoms with Crippen LogP contribution in [0.1, 0.15) is 87.5 Å². The van der Waals surface area contributed by atoms with E-state index in [2.05, 4.69) is 6.92 Å². The van der Waals surface area contributed by atoms with Crippen molar-refractivity contribution in [2.24, 2.45) is 11.8 Å². The fourth-order valence-corrected chi connectivity index (χ4v) is 2.30. The van der Waals surface area contributed by atoms with Gasteiger partial charge in [0.05, 0.1) is 11.8 Å². The minimum Gasteiger partial charge on any atom is -0.460 e. The van der Waals surface area contributed by atoms with E-state index in [9.17, 15) is 9.59 Å². The first-order valence-corrected chi connectivity index (χ1v) is 8.83. The van der Waals surface area contributed by atoms with Crippen molar-refractivity contribution in [2.45, 2.75) is 98.7 Å². The van der Waals surface area contributed by atoms with Gasteiger partial charge in [0.15, 0.2) is 0 Å². The summed E-state index contributed by atoms with van der Waals surface area (Å²) >= 11 is 0. The molecule has 0 aliphatic carbocycles. The van der Waals surface area contributed by atoms with Gasteiger partial charge in [-0.15, -0.1) is 0 Å². The zero-order valence-corrected chi connectivity index (χ0v) is 16.3. The number of carbonyl (C=O) groups excluding carboxylic acids is 2. The van der Waals surface area contributed by atoms with Gasteiger partial charge in [-0.25, -0.2) is 0 Å². The highest BCUT2D eigenvalue weighted by Gasteiger charge is 2.35. The predicted molar refractivity (Wildman–Crippen MR) is 93.1 cm³/mol. The van der Waals surface area contributed by atoms with Crippen molar-refractivity contribution in [1.82, 2.24) is 0 Å². The molecule has 136 valence electrons. The highest BCUT2D eigenvalue weighted by atomic mass is 16.6. The molecule has 0 radical (unpaired) electrons. The summed E-state index contributed by atoms with van der Waals surface area (Å²) in [5.74, 6) is -1.57. The van der Waals surface area contributed by atoms with Crippen LogP contribution in [-0.2, 0) is 19.1 Å². The number of hydrogen-bond acceptors (Lipinski definition) is 4. The third kappa shape index (κ3) is 10.4. The molecule has 0 fully saturated rings. The summed E-state index contributed by atoms with van der Waals surface area (Å²) in [5.41, 5.74) is -1.10. The zero-order chi connectivity index (χ0) is 18.3. The smallest absolute Gasteiger partial charge is 0.310 e. The fourth-order valence-electron chi connectivity index (χ4n) is 2.30. The van der Waals surface area contributed by atoms with Crippen molar-refractivity contribution in [2.75, 3.05) is 0 Å². The molecule has 0 bridgehead atoms. The maximum absolute atomic E-state index is 12.5. The third-order valence-corrected chi connectivity index (χ3v) is 3.46. The Labute approximate surface area is 142 Å². The molecule has 4 heteroatoms. The number of unbranched alkanes of at least 4 members (excludes halogenated alkanes) is 3. The maximum Gasteiger partial charge on any atom is 0.310 e. The quantitative estimate of drug-likeness (QED) is 0.470. The van der Waals surface area contributed by atoms with E-state index in [1.54, 1.807) is 6.92 Å². The summed E-state index contributed by atoms with van der Waals surface area (Å²) in [6.45, 7) is 15.0. The van der Waals surface area contributed by atoms with Crippen LogP contribution in [0.15, 0.2) is 0 Å². The van der Waals surface area contributed by atoms with Crippen molar-refractivity contribution in [3.05, 3.63) is 0 Å². The monoisotopic (exact) mass is 328 g/mol. The van der Waals surface area contributed by atoms with Crippen molar-refractivity contribution in [1.29, 1.82) is 0 Å². The van der Waals surface area contributed by atoms with E-state index < -0.39 is 23.0 Å². The van der Waals surface area contributed by atoms with E-state index in [1.165, 1.54) is 0 Å². The maximum atomic E-state index is 12.5. The molecule has 0 saturated carbocycles. The van der Waals surface area contributed by atoms with Gasteiger partial charge in [-0.05, 0) is 48.0 Å². The van der Waals surface area contributed by atoms with Crippen LogP contribution in [0.5, 0.6) is 0 Å². The minimum absolute atomic E-state index is 0.299. The summed E-state index contributed by atoms with van der Waals surface area (Å²) in [6, 6.07) is 0. The highest BCUT2D eigenvalue weighted by molar-refractivity contribution is 5.82. The van der Waals surface area contributed by atoms with Crippen molar-refractivity contribution in [3.63, 3.8) is 0 Å². The molecule has 0 spiro atoms. The first-order chi connectivity index (χ1) is 10.4. The molecular weight excluding hydrogens is 292 g/mol. The number of rotatable bonds is 8. The van der Waals surface area contributed by atoms with Gasteiger partial charge in [0.25, 0.3) is 0 Å². The molecule has 4 nitrogen and oxygen atoms in total. The average Bonchev–Trinajstić information content (AvgIpc) is 2.33. The van der Waals surface area contributed by atoms with Crippen molar-refractivity contribution in [3.8, 4) is 0 Å². The van der Waals surface area contributed by atoms with Crippen LogP contribution in [0, 0.1) is 11.8 Å². The molecule has 0 N–H and O–H groups in total. The highest BCUT2D eigenvalue weighted by Crippen LogP contribution is 2.26. The first kappa shape index (κ1) is 21.9. The third-order valence-electron chi connectivity index (χ3n) is 3.46. The van der Waals surface area contributed by atoms with Crippen LogP contribution in [0.2, 0.25) is 0 Å². The molecule has 0 aromatic carbocycles. The lowest BCUT2D eigenvalue weighted by Crippen LogP contribution is -2.37. The number of hydrogen-bond donors (Lipinski definition) is 0. The van der Waals surface area contributed by atoms with Crippen LogP contribution in [-0.4, -0.2) is 23.1 Å². The first-order valence-electron chi connectivity index (χ1n) is 8.83. The van der Waals surface area contributed by atoms with Crippen LogP contribution < -0.4 is 0 Å². The summed E-state index contributed by atoms with van der Waals surface area (Å²) in [4.78, 5) is 24.8. The molecule has 2 atom stereocenters. The number of esters is 2. The Morgan fingerprint density at radius 3 is 1.74 bits per heavy atom. The average molecular weight is 328 g/mol. The summed E-state index contributed by atoms with van der Waals surface area (Å²) in [5, 5.41) is 0. The SMILES string of the molecule is CCCCCCC(C(=O)OC(C)(C)C)C(C)C(=O)OC(C)(C)C. The van der Waals surface area contributed by atoms with Crippen LogP contribution in [0.4, 0.5) is 0 Å². The van der Waals surface area contributed by atoms with Crippen molar-refractivity contribution < 1.29 is 19.1 Å². The molecule has 0 saturated heterocycles. The predicted octanol–water partition coefficient (Wildman–Crippen LogP) is 4.89. The van der Waals surface area contributed by atoms with E-state index in [1.807, 2.05) is 41.5 Å². The van der Waals surface area contributed by atoms with E-state index in [-0.39, 0.29) is 11.9 Å². The molecule has 0 aromatic heterocycles. The lowest BCUT2D eigenvalue weighted by molar-refractivity contribution is -0.172. The largest absolute Gasteiger partial charge is 0.460 e. The fraction of sp³-hybridized carbons (Fsp3) is 0.895. The van der Waals surface area contributed by atoms with E-state index in [0.29, 0.717) is 6.42 Å². The van der Waals surface area contributed by atoms with Crippen LogP contribution >= 0.6 is 0 Å². The van der Waals surface area contributed by atoms with Gasteiger partial charge < -0.3 is 9.47 Å². The normalized spacial score (nSPS) is 15.0. The lowest BCUT2D eigenvalue weighted by Gasteiger charge is -2.28. The Hall–Kier alpha value is -1.06. The molecule has 0 rings (SSSR count). The van der Waals surface area contributed by atoms with Crippen molar-refractivity contribution >= 4 is 11.9 Å². The summed E-state index contributed by atoms with van der Waals surface area (Å²) in [7, 11) is 0. The molecule has 0 aromatic rings. The van der Waals surface area contributed by atoms with Gasteiger partial charge in [0, 0.05) is 0 Å². The second-order valence-corrected chi connectivity index (χ2v) is 8.31. The van der Waals surface area contributed by atoms with Gasteiger partial charge in [0.1, 0.15) is 11.2 Å². The number of ether oxygens (including phenoxy) is 2.